The van der Waals surface area contributed by atoms with Crippen molar-refractivity contribution < 1.29 is 19.1 Å². The largest absolute Gasteiger partial charge is 0.449 e. The Balaban J connectivity index is 1.99. The average molecular weight is 380 g/mol. The summed E-state index contributed by atoms with van der Waals surface area (Å²) in [4.78, 5) is 35.5. The van der Waals surface area contributed by atoms with Gasteiger partial charge < -0.3 is 10.1 Å². The van der Waals surface area contributed by atoms with Crippen LogP contribution in [-0.2, 0) is 9.53 Å². The molecule has 0 unspecified atom stereocenters. The zero-order valence-electron chi connectivity index (χ0n) is 13.5. The summed E-state index contributed by atoms with van der Waals surface area (Å²) in [7, 11) is 0. The van der Waals surface area contributed by atoms with Crippen molar-refractivity contribution in [3.05, 3.63) is 63.6 Å². The molecule has 0 radical (unpaired) electrons. The number of halogens is 2. The molecule has 0 fully saturated rings. The maximum atomic E-state index is 12.1. The summed E-state index contributed by atoms with van der Waals surface area (Å²) in [6.07, 6.45) is -1.04. The van der Waals surface area contributed by atoms with E-state index in [0.717, 1.165) is 0 Å². The van der Waals surface area contributed by atoms with Crippen molar-refractivity contribution >= 4 is 46.5 Å². The van der Waals surface area contributed by atoms with Crippen LogP contribution in [0.4, 0.5) is 5.69 Å². The molecule has 0 saturated carbocycles. The highest BCUT2D eigenvalue weighted by molar-refractivity contribution is 6.36. The van der Waals surface area contributed by atoms with Crippen molar-refractivity contribution in [1.82, 2.24) is 0 Å². The van der Waals surface area contributed by atoms with Gasteiger partial charge in [-0.3, -0.25) is 9.59 Å². The van der Waals surface area contributed by atoms with Crippen molar-refractivity contribution in [3.63, 3.8) is 0 Å². The predicted octanol–water partition coefficient (Wildman–Crippen LogP) is 4.38. The monoisotopic (exact) mass is 379 g/mol. The normalized spacial score (nSPS) is 11.5. The van der Waals surface area contributed by atoms with Crippen LogP contribution in [0.3, 0.4) is 0 Å². The third kappa shape index (κ3) is 5.05. The van der Waals surface area contributed by atoms with Crippen molar-refractivity contribution in [3.8, 4) is 0 Å². The van der Waals surface area contributed by atoms with Crippen molar-refractivity contribution in [1.29, 1.82) is 0 Å². The van der Waals surface area contributed by atoms with Gasteiger partial charge in [0.15, 0.2) is 11.9 Å². The Morgan fingerprint density at radius 1 is 1.04 bits per heavy atom. The number of hydrogen-bond donors (Lipinski definition) is 1. The Morgan fingerprint density at radius 2 is 1.68 bits per heavy atom. The number of ether oxygens (including phenoxy) is 1. The molecule has 2 aromatic rings. The molecule has 7 heteroatoms. The van der Waals surface area contributed by atoms with Crippen LogP contribution in [-0.4, -0.2) is 23.8 Å². The van der Waals surface area contributed by atoms with Crippen LogP contribution in [0.25, 0.3) is 0 Å². The van der Waals surface area contributed by atoms with E-state index in [2.05, 4.69) is 5.32 Å². The second-order valence-electron chi connectivity index (χ2n) is 5.29. The quantitative estimate of drug-likeness (QED) is 0.617. The third-order valence-electron chi connectivity index (χ3n) is 3.36. The van der Waals surface area contributed by atoms with Gasteiger partial charge in [0, 0.05) is 16.3 Å². The zero-order valence-corrected chi connectivity index (χ0v) is 15.0. The van der Waals surface area contributed by atoms with Crippen LogP contribution in [0.5, 0.6) is 0 Å². The van der Waals surface area contributed by atoms with E-state index in [0.29, 0.717) is 16.3 Å². The zero-order chi connectivity index (χ0) is 18.6. The summed E-state index contributed by atoms with van der Waals surface area (Å²) in [6.45, 7) is 2.90. The first-order valence-corrected chi connectivity index (χ1v) is 8.11. The summed E-state index contributed by atoms with van der Waals surface area (Å²) in [5, 5.41) is 3.14. The molecule has 1 N–H and O–H groups in total. The molecular formula is C18H15Cl2NO4. The molecule has 1 amide bonds. The molecule has 0 bridgehead atoms. The van der Waals surface area contributed by atoms with Gasteiger partial charge in [0.1, 0.15) is 0 Å². The minimum absolute atomic E-state index is 0.0694. The number of Topliss-reactive ketones (excluding diaryl/α,β-unsaturated/α-hetero) is 1. The number of anilines is 1. The summed E-state index contributed by atoms with van der Waals surface area (Å²) >= 11 is 11.7. The molecule has 0 aliphatic heterocycles. The summed E-state index contributed by atoms with van der Waals surface area (Å²) < 4.78 is 5.12. The summed E-state index contributed by atoms with van der Waals surface area (Å²) in [5.41, 5.74) is 1.15. The molecule has 130 valence electrons. The molecule has 1 atom stereocenters. The second-order valence-corrected chi connectivity index (χ2v) is 6.14. The first kappa shape index (κ1) is 19.0. The summed E-state index contributed by atoms with van der Waals surface area (Å²) in [5.74, 6) is -1.30. The molecule has 25 heavy (non-hydrogen) atoms. The standard InChI is InChI=1S/C18H15Cl2NO4/c1-10(22)12-3-6-14(7-4-12)21-17(23)11(2)25-18(24)15-8-5-13(19)9-16(15)20/h3-9,11H,1-2H3,(H,21,23)/t11-/m1/s1. The Labute approximate surface area is 154 Å². The van der Waals surface area contributed by atoms with E-state index in [9.17, 15) is 14.4 Å². The van der Waals surface area contributed by atoms with Crippen LogP contribution in [0.1, 0.15) is 34.6 Å². The van der Waals surface area contributed by atoms with Gasteiger partial charge in [0.2, 0.25) is 0 Å². The highest BCUT2D eigenvalue weighted by Gasteiger charge is 2.20. The number of esters is 1. The minimum Gasteiger partial charge on any atom is -0.449 e. The predicted molar refractivity (Wildman–Crippen MR) is 96.4 cm³/mol. The lowest BCUT2D eigenvalue weighted by Crippen LogP contribution is -2.30. The Morgan fingerprint density at radius 3 is 2.24 bits per heavy atom. The highest BCUT2D eigenvalue weighted by Crippen LogP contribution is 2.22. The smallest absolute Gasteiger partial charge is 0.340 e. The second kappa shape index (κ2) is 8.14. The lowest BCUT2D eigenvalue weighted by atomic mass is 10.1. The van der Waals surface area contributed by atoms with Gasteiger partial charge in [0.05, 0.1) is 10.6 Å². The molecule has 0 aromatic heterocycles. The number of rotatable bonds is 5. The van der Waals surface area contributed by atoms with Crippen LogP contribution < -0.4 is 5.32 Å². The Kier molecular flexibility index (Phi) is 6.17. The number of carbonyl (C=O) groups is 3. The SMILES string of the molecule is CC(=O)c1ccc(NC(=O)[C@@H](C)OC(=O)c2ccc(Cl)cc2Cl)cc1. The van der Waals surface area contributed by atoms with E-state index < -0.39 is 18.0 Å². The summed E-state index contributed by atoms with van der Waals surface area (Å²) in [6, 6.07) is 10.7. The van der Waals surface area contributed by atoms with Gasteiger partial charge in [-0.25, -0.2) is 4.79 Å². The molecule has 2 rings (SSSR count). The van der Waals surface area contributed by atoms with Crippen LogP contribution >= 0.6 is 23.2 Å². The lowest BCUT2D eigenvalue weighted by molar-refractivity contribution is -0.123. The average Bonchev–Trinajstić information content (AvgIpc) is 2.55. The van der Waals surface area contributed by atoms with Crippen molar-refractivity contribution in [2.45, 2.75) is 20.0 Å². The first-order valence-electron chi connectivity index (χ1n) is 7.36. The maximum Gasteiger partial charge on any atom is 0.340 e. The first-order chi connectivity index (χ1) is 11.8. The number of benzene rings is 2. The van der Waals surface area contributed by atoms with Gasteiger partial charge in [-0.15, -0.1) is 0 Å². The van der Waals surface area contributed by atoms with Gasteiger partial charge >= 0.3 is 5.97 Å². The number of carbonyl (C=O) groups excluding carboxylic acids is 3. The molecule has 0 aliphatic rings. The van der Waals surface area contributed by atoms with Crippen LogP contribution in [0.15, 0.2) is 42.5 Å². The fraction of sp³-hybridized carbons (Fsp3) is 0.167. The molecule has 0 aliphatic carbocycles. The van der Waals surface area contributed by atoms with E-state index in [4.69, 9.17) is 27.9 Å². The number of nitrogens with one attached hydrogen (secondary N) is 1. The molecule has 2 aromatic carbocycles. The van der Waals surface area contributed by atoms with Gasteiger partial charge in [-0.2, -0.15) is 0 Å². The lowest BCUT2D eigenvalue weighted by Gasteiger charge is -2.14. The number of ketones is 1. The minimum atomic E-state index is -1.04. The van der Waals surface area contributed by atoms with Gasteiger partial charge in [0.25, 0.3) is 5.91 Å². The van der Waals surface area contributed by atoms with E-state index >= 15 is 0 Å². The number of amides is 1. The Bertz CT molecular complexity index is 818. The Hall–Kier alpha value is -2.37. The fourth-order valence-electron chi connectivity index (χ4n) is 1.96. The third-order valence-corrected chi connectivity index (χ3v) is 3.91. The topological polar surface area (TPSA) is 72.5 Å². The van der Waals surface area contributed by atoms with Gasteiger partial charge in [-0.1, -0.05) is 23.2 Å². The highest BCUT2D eigenvalue weighted by atomic mass is 35.5. The van der Waals surface area contributed by atoms with Crippen molar-refractivity contribution in [2.24, 2.45) is 0 Å². The maximum absolute atomic E-state index is 12.1. The van der Waals surface area contributed by atoms with E-state index in [1.54, 1.807) is 24.3 Å². The molecule has 0 heterocycles. The molecular weight excluding hydrogens is 365 g/mol. The molecule has 5 nitrogen and oxygen atoms in total. The van der Waals surface area contributed by atoms with E-state index in [-0.39, 0.29) is 16.4 Å². The van der Waals surface area contributed by atoms with Crippen LogP contribution in [0, 0.1) is 0 Å². The number of hydrogen-bond acceptors (Lipinski definition) is 4. The molecule has 0 spiro atoms. The van der Waals surface area contributed by atoms with E-state index in [1.165, 1.54) is 32.0 Å². The van der Waals surface area contributed by atoms with Gasteiger partial charge in [-0.05, 0) is 56.3 Å². The fourth-order valence-corrected chi connectivity index (χ4v) is 2.45. The van der Waals surface area contributed by atoms with E-state index in [1.807, 2.05) is 0 Å². The van der Waals surface area contributed by atoms with Crippen LogP contribution in [0.2, 0.25) is 10.0 Å². The van der Waals surface area contributed by atoms with Crippen molar-refractivity contribution in [2.75, 3.05) is 5.32 Å². The molecule has 0 saturated heterocycles.